The molecule has 26 heavy (non-hydrogen) atoms. The molecular formula is C17H23F2N5O2. The lowest BCUT2D eigenvalue weighted by Crippen LogP contribution is -2.48. The quantitative estimate of drug-likeness (QED) is 0.752. The molecule has 0 amide bonds. The summed E-state index contributed by atoms with van der Waals surface area (Å²) in [5, 5.41) is 5.22. The number of carbonyl (C=O) groups is 1. The summed E-state index contributed by atoms with van der Waals surface area (Å²) in [5.41, 5.74) is 2.57. The molecule has 0 aliphatic carbocycles. The Morgan fingerprint density at radius 1 is 1.31 bits per heavy atom. The van der Waals surface area contributed by atoms with E-state index in [1.807, 2.05) is 11.8 Å². The second kappa shape index (κ2) is 7.53. The number of hydrogen-bond acceptors (Lipinski definition) is 6. The molecule has 0 bridgehead atoms. The zero-order chi connectivity index (χ0) is 18.8. The molecule has 3 rings (SSSR count). The molecule has 1 aliphatic rings. The van der Waals surface area contributed by atoms with Gasteiger partial charge in [0.05, 0.1) is 29.9 Å². The van der Waals surface area contributed by atoms with E-state index in [1.54, 1.807) is 23.6 Å². The van der Waals surface area contributed by atoms with Crippen LogP contribution in [0.2, 0.25) is 0 Å². The highest BCUT2D eigenvalue weighted by atomic mass is 19.3. The molecule has 1 aliphatic heterocycles. The molecule has 2 aromatic rings. The minimum Gasteiger partial charge on any atom is -0.462 e. The highest BCUT2D eigenvalue weighted by Gasteiger charge is 2.27. The first-order chi connectivity index (χ1) is 12.4. The number of nitrogens with zero attached hydrogens (tertiary/aromatic N) is 5. The van der Waals surface area contributed by atoms with Gasteiger partial charge in [-0.15, -0.1) is 0 Å². The number of aromatic nitrogens is 3. The maximum Gasteiger partial charge on any atom is 0.341 e. The molecule has 142 valence electrons. The van der Waals surface area contributed by atoms with Crippen LogP contribution in [0.5, 0.6) is 0 Å². The van der Waals surface area contributed by atoms with Crippen molar-refractivity contribution in [2.45, 2.75) is 20.3 Å². The number of piperazine rings is 1. The number of ether oxygens (including phenoxy) is 1. The number of carbonyl (C=O) groups excluding carboxylic acids is 1. The highest BCUT2D eigenvalue weighted by Crippen LogP contribution is 2.33. The van der Waals surface area contributed by atoms with Crippen LogP contribution in [0.4, 0.5) is 14.5 Å². The Hall–Kier alpha value is -2.29. The largest absolute Gasteiger partial charge is 0.462 e. The molecule has 0 atom stereocenters. The van der Waals surface area contributed by atoms with Gasteiger partial charge in [0, 0.05) is 39.4 Å². The van der Waals surface area contributed by atoms with Crippen LogP contribution in [0.25, 0.3) is 11.0 Å². The van der Waals surface area contributed by atoms with Crippen molar-refractivity contribution in [3.8, 4) is 0 Å². The van der Waals surface area contributed by atoms with Crippen molar-refractivity contribution in [2.75, 3.05) is 44.2 Å². The topological polar surface area (TPSA) is 63.5 Å². The van der Waals surface area contributed by atoms with Crippen LogP contribution in [0, 0.1) is 6.92 Å². The van der Waals surface area contributed by atoms with Crippen molar-refractivity contribution in [1.82, 2.24) is 19.7 Å². The predicted molar refractivity (Wildman–Crippen MR) is 93.9 cm³/mol. The number of pyridine rings is 1. The lowest BCUT2D eigenvalue weighted by Gasteiger charge is -2.36. The first kappa shape index (κ1) is 18.5. The number of esters is 1. The zero-order valence-electron chi connectivity index (χ0n) is 15.2. The van der Waals surface area contributed by atoms with Gasteiger partial charge in [-0.1, -0.05) is 0 Å². The van der Waals surface area contributed by atoms with Gasteiger partial charge < -0.3 is 9.64 Å². The number of aryl methyl sites for hydroxylation is 2. The fraction of sp³-hybridized carbons (Fsp3) is 0.588. The van der Waals surface area contributed by atoms with E-state index in [9.17, 15) is 13.6 Å². The molecule has 9 heteroatoms. The second-order valence-corrected chi connectivity index (χ2v) is 6.33. The van der Waals surface area contributed by atoms with Gasteiger partial charge in [0.1, 0.15) is 5.56 Å². The molecule has 0 N–H and O–H groups in total. The maximum atomic E-state index is 12.6. The second-order valence-electron chi connectivity index (χ2n) is 6.33. The van der Waals surface area contributed by atoms with E-state index >= 15 is 0 Å². The monoisotopic (exact) mass is 367 g/mol. The Kier molecular flexibility index (Phi) is 5.36. The molecule has 2 aromatic heterocycles. The Bertz CT molecular complexity index is 800. The average Bonchev–Trinajstić information content (AvgIpc) is 2.89. The van der Waals surface area contributed by atoms with Gasteiger partial charge in [0.25, 0.3) is 6.43 Å². The van der Waals surface area contributed by atoms with E-state index < -0.39 is 12.4 Å². The molecule has 0 radical (unpaired) electrons. The smallest absolute Gasteiger partial charge is 0.341 e. The van der Waals surface area contributed by atoms with E-state index in [2.05, 4.69) is 10.1 Å². The third kappa shape index (κ3) is 3.48. The van der Waals surface area contributed by atoms with Crippen molar-refractivity contribution in [2.24, 2.45) is 7.05 Å². The number of rotatable bonds is 5. The van der Waals surface area contributed by atoms with Crippen molar-refractivity contribution in [3.05, 3.63) is 17.5 Å². The SMILES string of the molecule is CCOC(=O)c1cnc2c(c(C)nn2C)c1N1CCN(CC(F)F)CC1. The van der Waals surface area contributed by atoms with Gasteiger partial charge in [-0.25, -0.2) is 18.6 Å². The average molecular weight is 367 g/mol. The van der Waals surface area contributed by atoms with Crippen LogP contribution in [0.3, 0.4) is 0 Å². The van der Waals surface area contributed by atoms with Crippen LogP contribution in [-0.2, 0) is 11.8 Å². The third-order valence-corrected chi connectivity index (χ3v) is 4.58. The van der Waals surface area contributed by atoms with E-state index in [4.69, 9.17) is 4.74 Å². The normalized spacial score (nSPS) is 15.8. The summed E-state index contributed by atoms with van der Waals surface area (Å²) in [7, 11) is 1.80. The molecule has 1 saturated heterocycles. The van der Waals surface area contributed by atoms with Gasteiger partial charge in [-0.2, -0.15) is 5.10 Å². The Balaban J connectivity index is 2.00. The summed E-state index contributed by atoms with van der Waals surface area (Å²) >= 11 is 0. The maximum absolute atomic E-state index is 12.6. The molecule has 0 saturated carbocycles. The van der Waals surface area contributed by atoms with Crippen LogP contribution in [0.15, 0.2) is 6.20 Å². The lowest BCUT2D eigenvalue weighted by atomic mass is 10.1. The third-order valence-electron chi connectivity index (χ3n) is 4.58. The van der Waals surface area contributed by atoms with Crippen molar-refractivity contribution in [1.29, 1.82) is 0 Å². The Labute approximate surface area is 150 Å². The van der Waals surface area contributed by atoms with Crippen LogP contribution in [0.1, 0.15) is 23.0 Å². The molecule has 7 nitrogen and oxygen atoms in total. The minimum atomic E-state index is -2.34. The highest BCUT2D eigenvalue weighted by molar-refractivity contribution is 6.05. The van der Waals surface area contributed by atoms with Crippen molar-refractivity contribution in [3.63, 3.8) is 0 Å². The van der Waals surface area contributed by atoms with Crippen LogP contribution in [-0.4, -0.2) is 71.4 Å². The Morgan fingerprint density at radius 3 is 2.62 bits per heavy atom. The molecule has 1 fully saturated rings. The van der Waals surface area contributed by atoms with Crippen molar-refractivity contribution >= 4 is 22.7 Å². The van der Waals surface area contributed by atoms with Gasteiger partial charge >= 0.3 is 5.97 Å². The molecular weight excluding hydrogens is 344 g/mol. The number of hydrogen-bond donors (Lipinski definition) is 0. The molecule has 0 spiro atoms. The predicted octanol–water partition coefficient (Wildman–Crippen LogP) is 1.84. The first-order valence-corrected chi connectivity index (χ1v) is 8.67. The summed E-state index contributed by atoms with van der Waals surface area (Å²) in [6.07, 6.45) is -0.827. The fourth-order valence-corrected chi connectivity index (χ4v) is 3.43. The van der Waals surface area contributed by atoms with Crippen molar-refractivity contribution < 1.29 is 18.3 Å². The van der Waals surface area contributed by atoms with Gasteiger partial charge in [-0.05, 0) is 13.8 Å². The van der Waals surface area contributed by atoms with E-state index in [0.717, 1.165) is 16.8 Å². The number of anilines is 1. The van der Waals surface area contributed by atoms with Crippen LogP contribution < -0.4 is 4.90 Å². The van der Waals surface area contributed by atoms with Crippen LogP contribution >= 0.6 is 0 Å². The van der Waals surface area contributed by atoms with E-state index in [-0.39, 0.29) is 13.2 Å². The molecule has 0 aromatic carbocycles. The number of fused-ring (bicyclic) bond motifs is 1. The first-order valence-electron chi connectivity index (χ1n) is 8.67. The molecule has 0 unspecified atom stereocenters. The van der Waals surface area contributed by atoms with Gasteiger partial charge in [0.15, 0.2) is 5.65 Å². The summed E-state index contributed by atoms with van der Waals surface area (Å²) in [4.78, 5) is 20.6. The standard InChI is InChI=1S/C17H23F2N5O2/c1-4-26-17(25)12-9-20-16-14(11(2)21-22(16)3)15(12)24-7-5-23(6-8-24)10-13(18)19/h9,13H,4-8,10H2,1-3H3. The minimum absolute atomic E-state index is 0.226. The van der Waals surface area contributed by atoms with Gasteiger partial charge in [0.2, 0.25) is 0 Å². The zero-order valence-corrected chi connectivity index (χ0v) is 15.2. The molecule has 3 heterocycles. The fourth-order valence-electron chi connectivity index (χ4n) is 3.43. The number of halogens is 2. The summed E-state index contributed by atoms with van der Waals surface area (Å²) in [6.45, 7) is 5.78. The van der Waals surface area contributed by atoms with E-state index in [1.165, 1.54) is 6.20 Å². The number of alkyl halides is 2. The summed E-state index contributed by atoms with van der Waals surface area (Å²) in [5.74, 6) is -0.435. The Morgan fingerprint density at radius 2 is 2.00 bits per heavy atom. The summed E-state index contributed by atoms with van der Waals surface area (Å²) < 4.78 is 32.1. The summed E-state index contributed by atoms with van der Waals surface area (Å²) in [6, 6.07) is 0. The van der Waals surface area contributed by atoms with E-state index in [0.29, 0.717) is 37.4 Å². The lowest BCUT2D eigenvalue weighted by molar-refractivity contribution is 0.0526. The van der Waals surface area contributed by atoms with Gasteiger partial charge in [-0.3, -0.25) is 9.58 Å².